The quantitative estimate of drug-likeness (QED) is 0.811. The number of hydrogen-bond donors (Lipinski definition) is 1. The molecule has 0 aliphatic carbocycles. The van der Waals surface area contributed by atoms with Gasteiger partial charge in [-0.2, -0.15) is 0 Å². The first-order chi connectivity index (χ1) is 8.08. The molecule has 1 heterocycles. The summed E-state index contributed by atoms with van der Waals surface area (Å²) >= 11 is 11.0. The van der Waals surface area contributed by atoms with Gasteiger partial charge in [0.05, 0.1) is 10.7 Å². The Balaban J connectivity index is 2.17. The zero-order valence-corrected chi connectivity index (χ0v) is 12.2. The van der Waals surface area contributed by atoms with Crippen molar-refractivity contribution in [2.45, 2.75) is 13.5 Å². The minimum atomic E-state index is -0.347. The number of rotatable bonds is 3. The van der Waals surface area contributed by atoms with Crippen LogP contribution in [0.3, 0.4) is 0 Å². The molecular formula is C12H10BrClFNS. The van der Waals surface area contributed by atoms with Crippen molar-refractivity contribution in [2.24, 2.45) is 0 Å². The lowest BCUT2D eigenvalue weighted by Gasteiger charge is -2.10. The van der Waals surface area contributed by atoms with Gasteiger partial charge in [-0.15, -0.1) is 11.3 Å². The topological polar surface area (TPSA) is 12.0 Å². The van der Waals surface area contributed by atoms with Gasteiger partial charge >= 0.3 is 0 Å². The predicted octanol–water partition coefficient (Wildman–Crippen LogP) is 5.22. The van der Waals surface area contributed by atoms with E-state index in [1.165, 1.54) is 22.6 Å². The first-order valence-corrected chi connectivity index (χ1v) is 7.04. The van der Waals surface area contributed by atoms with E-state index in [1.807, 2.05) is 5.38 Å². The average Bonchev–Trinajstić information content (AvgIpc) is 2.62. The van der Waals surface area contributed by atoms with Gasteiger partial charge in [-0.05, 0) is 52.0 Å². The molecule has 5 heteroatoms. The maximum Gasteiger partial charge on any atom is 0.125 e. The fraction of sp³-hybridized carbons (Fsp3) is 0.167. The summed E-state index contributed by atoms with van der Waals surface area (Å²) in [7, 11) is 0. The summed E-state index contributed by atoms with van der Waals surface area (Å²) in [6.07, 6.45) is 0. The van der Waals surface area contributed by atoms with Crippen molar-refractivity contribution in [1.82, 2.24) is 0 Å². The van der Waals surface area contributed by atoms with Crippen LogP contribution in [-0.4, -0.2) is 0 Å². The smallest absolute Gasteiger partial charge is 0.125 e. The van der Waals surface area contributed by atoms with E-state index in [9.17, 15) is 4.39 Å². The van der Waals surface area contributed by atoms with Gasteiger partial charge in [0.1, 0.15) is 5.82 Å². The van der Waals surface area contributed by atoms with Crippen molar-refractivity contribution in [1.29, 1.82) is 0 Å². The molecule has 90 valence electrons. The summed E-state index contributed by atoms with van der Waals surface area (Å²) in [4.78, 5) is 1.25. The normalized spacial score (nSPS) is 10.6. The van der Waals surface area contributed by atoms with Crippen LogP contribution < -0.4 is 5.32 Å². The molecule has 1 nitrogen and oxygen atoms in total. The minimum Gasteiger partial charge on any atom is -0.378 e. The summed E-state index contributed by atoms with van der Waals surface area (Å²) in [5, 5.41) is 5.65. The highest BCUT2D eigenvalue weighted by Crippen LogP contribution is 2.32. The number of aryl methyl sites for hydroxylation is 1. The highest BCUT2D eigenvalue weighted by atomic mass is 79.9. The number of benzene rings is 1. The molecule has 0 unspecified atom stereocenters. The Morgan fingerprint density at radius 3 is 2.82 bits per heavy atom. The molecule has 0 saturated carbocycles. The summed E-state index contributed by atoms with van der Waals surface area (Å²) < 4.78 is 13.7. The van der Waals surface area contributed by atoms with Crippen molar-refractivity contribution >= 4 is 44.6 Å². The Morgan fingerprint density at radius 1 is 1.47 bits per heavy atom. The van der Waals surface area contributed by atoms with E-state index in [-0.39, 0.29) is 5.82 Å². The van der Waals surface area contributed by atoms with E-state index in [2.05, 4.69) is 34.2 Å². The maximum absolute atomic E-state index is 13.0. The zero-order valence-electron chi connectivity index (χ0n) is 9.06. The first kappa shape index (κ1) is 12.9. The molecule has 1 aromatic carbocycles. The zero-order chi connectivity index (χ0) is 12.4. The van der Waals surface area contributed by atoms with Crippen LogP contribution in [-0.2, 0) is 6.54 Å². The van der Waals surface area contributed by atoms with Crippen LogP contribution in [0.25, 0.3) is 0 Å². The van der Waals surface area contributed by atoms with Gasteiger partial charge in [0.25, 0.3) is 0 Å². The van der Waals surface area contributed by atoms with Crippen LogP contribution in [0, 0.1) is 12.7 Å². The van der Waals surface area contributed by atoms with Crippen LogP contribution >= 0.6 is 38.9 Å². The van der Waals surface area contributed by atoms with Crippen LogP contribution in [0.5, 0.6) is 0 Å². The molecule has 17 heavy (non-hydrogen) atoms. The van der Waals surface area contributed by atoms with Crippen LogP contribution in [0.15, 0.2) is 28.1 Å². The minimum absolute atomic E-state index is 0.347. The SMILES string of the molecule is Cc1ccsc1CNc1c(Cl)cc(F)cc1Br. The number of hydrogen-bond acceptors (Lipinski definition) is 2. The fourth-order valence-electron chi connectivity index (χ4n) is 1.46. The molecule has 0 aliphatic rings. The lowest BCUT2D eigenvalue weighted by Crippen LogP contribution is -2.00. The molecule has 0 fully saturated rings. The number of halogens is 3. The Morgan fingerprint density at radius 2 is 2.24 bits per heavy atom. The standard InChI is InChI=1S/C12H10BrClFNS/c1-7-2-3-17-11(7)6-16-12-9(13)4-8(15)5-10(12)14/h2-5,16H,6H2,1H3. The third-order valence-electron chi connectivity index (χ3n) is 2.40. The second kappa shape index (κ2) is 5.38. The van der Waals surface area contributed by atoms with Gasteiger partial charge < -0.3 is 5.32 Å². The molecule has 1 N–H and O–H groups in total. The number of anilines is 1. The summed E-state index contributed by atoms with van der Waals surface area (Å²) in [5.74, 6) is -0.347. The van der Waals surface area contributed by atoms with E-state index >= 15 is 0 Å². The predicted molar refractivity (Wildman–Crippen MR) is 75.5 cm³/mol. The second-order valence-electron chi connectivity index (χ2n) is 3.62. The largest absolute Gasteiger partial charge is 0.378 e. The monoisotopic (exact) mass is 333 g/mol. The third kappa shape index (κ3) is 3.00. The fourth-order valence-corrected chi connectivity index (χ4v) is 3.27. The molecule has 0 saturated heterocycles. The van der Waals surface area contributed by atoms with E-state index in [0.717, 1.165) is 5.69 Å². The summed E-state index contributed by atoms with van der Waals surface area (Å²) in [6, 6.07) is 4.77. The first-order valence-electron chi connectivity index (χ1n) is 4.99. The lowest BCUT2D eigenvalue weighted by molar-refractivity contribution is 0.627. The highest BCUT2D eigenvalue weighted by Gasteiger charge is 2.08. The van der Waals surface area contributed by atoms with Gasteiger partial charge in [-0.25, -0.2) is 4.39 Å². The maximum atomic E-state index is 13.0. The van der Waals surface area contributed by atoms with Crippen LogP contribution in [0.2, 0.25) is 5.02 Å². The van der Waals surface area contributed by atoms with E-state index < -0.39 is 0 Å². The van der Waals surface area contributed by atoms with E-state index in [1.54, 1.807) is 11.3 Å². The molecule has 0 atom stereocenters. The van der Waals surface area contributed by atoms with Crippen molar-refractivity contribution in [3.8, 4) is 0 Å². The van der Waals surface area contributed by atoms with E-state index in [0.29, 0.717) is 16.0 Å². The van der Waals surface area contributed by atoms with Crippen LogP contribution in [0.4, 0.5) is 10.1 Å². The molecule has 2 rings (SSSR count). The Labute approximate surface area is 117 Å². The van der Waals surface area contributed by atoms with Gasteiger partial charge in [0.2, 0.25) is 0 Å². The van der Waals surface area contributed by atoms with Crippen molar-refractivity contribution in [2.75, 3.05) is 5.32 Å². The molecule has 0 amide bonds. The van der Waals surface area contributed by atoms with Gasteiger partial charge in [-0.1, -0.05) is 11.6 Å². The summed E-state index contributed by atoms with van der Waals surface area (Å²) in [5.41, 5.74) is 1.97. The lowest BCUT2D eigenvalue weighted by atomic mass is 10.2. The Hall–Kier alpha value is -0.580. The van der Waals surface area contributed by atoms with Gasteiger partial charge in [0.15, 0.2) is 0 Å². The average molecular weight is 335 g/mol. The van der Waals surface area contributed by atoms with Crippen molar-refractivity contribution in [3.63, 3.8) is 0 Å². The molecule has 0 spiro atoms. The van der Waals surface area contributed by atoms with Crippen molar-refractivity contribution < 1.29 is 4.39 Å². The number of thiophene rings is 1. The summed E-state index contributed by atoms with van der Waals surface area (Å²) in [6.45, 7) is 2.75. The molecule has 0 radical (unpaired) electrons. The van der Waals surface area contributed by atoms with Gasteiger partial charge in [0, 0.05) is 15.9 Å². The van der Waals surface area contributed by atoms with Crippen LogP contribution in [0.1, 0.15) is 10.4 Å². The molecule has 0 aliphatic heterocycles. The molecular weight excluding hydrogens is 325 g/mol. The second-order valence-corrected chi connectivity index (χ2v) is 5.89. The molecule has 1 aromatic heterocycles. The number of nitrogens with one attached hydrogen (secondary N) is 1. The Bertz CT molecular complexity index is 518. The molecule has 2 aromatic rings. The molecule has 0 bridgehead atoms. The Kier molecular flexibility index (Phi) is 4.07. The highest BCUT2D eigenvalue weighted by molar-refractivity contribution is 9.10. The van der Waals surface area contributed by atoms with E-state index in [4.69, 9.17) is 11.6 Å². The van der Waals surface area contributed by atoms with Crippen molar-refractivity contribution in [3.05, 3.63) is 49.3 Å². The third-order valence-corrected chi connectivity index (χ3v) is 4.35. The van der Waals surface area contributed by atoms with Gasteiger partial charge in [-0.3, -0.25) is 0 Å².